The van der Waals surface area contributed by atoms with Gasteiger partial charge in [-0.1, -0.05) is 18.2 Å². The van der Waals surface area contributed by atoms with Crippen molar-refractivity contribution in [2.75, 3.05) is 45.2 Å². The quantitative estimate of drug-likeness (QED) is 0.862. The third kappa shape index (κ3) is 4.99. The first-order chi connectivity index (χ1) is 13.6. The second-order valence-corrected chi connectivity index (χ2v) is 7.10. The molecule has 2 heterocycles. The molecule has 1 aromatic heterocycles. The highest BCUT2D eigenvalue weighted by Gasteiger charge is 2.18. The van der Waals surface area contributed by atoms with Crippen LogP contribution in [0, 0.1) is 11.3 Å². The SMILES string of the molecule is CN1CCN(c2ncccc2CNC(=O)N(C)Cc2ccc(C#N)cc2)CC1. The van der Waals surface area contributed by atoms with E-state index in [0.717, 1.165) is 43.1 Å². The second kappa shape index (κ2) is 9.20. The number of anilines is 1. The van der Waals surface area contributed by atoms with Crippen molar-refractivity contribution >= 4 is 11.8 Å². The smallest absolute Gasteiger partial charge is 0.317 e. The molecule has 7 heteroatoms. The van der Waals surface area contributed by atoms with E-state index in [1.165, 1.54) is 0 Å². The van der Waals surface area contributed by atoms with Gasteiger partial charge in [-0.3, -0.25) is 0 Å². The van der Waals surface area contributed by atoms with Crippen LogP contribution in [0.5, 0.6) is 0 Å². The molecular formula is C21H26N6O. The van der Waals surface area contributed by atoms with Gasteiger partial charge in [-0.2, -0.15) is 5.26 Å². The van der Waals surface area contributed by atoms with E-state index >= 15 is 0 Å². The van der Waals surface area contributed by atoms with Crippen molar-refractivity contribution in [3.8, 4) is 6.07 Å². The molecule has 1 N–H and O–H groups in total. The van der Waals surface area contributed by atoms with E-state index in [2.05, 4.69) is 33.2 Å². The number of hydrogen-bond acceptors (Lipinski definition) is 5. The van der Waals surface area contributed by atoms with Crippen molar-refractivity contribution in [3.05, 3.63) is 59.3 Å². The van der Waals surface area contributed by atoms with E-state index in [1.54, 1.807) is 30.3 Å². The summed E-state index contributed by atoms with van der Waals surface area (Å²) in [6.07, 6.45) is 1.80. The predicted molar refractivity (Wildman–Crippen MR) is 109 cm³/mol. The van der Waals surface area contributed by atoms with Crippen LogP contribution in [0.4, 0.5) is 10.6 Å². The number of pyridine rings is 1. The Kier molecular flexibility index (Phi) is 6.45. The largest absolute Gasteiger partial charge is 0.354 e. The van der Waals surface area contributed by atoms with Crippen molar-refractivity contribution < 1.29 is 4.79 Å². The number of nitriles is 1. The molecule has 146 valence electrons. The minimum Gasteiger partial charge on any atom is -0.354 e. The minimum absolute atomic E-state index is 0.141. The summed E-state index contributed by atoms with van der Waals surface area (Å²) < 4.78 is 0. The molecule has 28 heavy (non-hydrogen) atoms. The fourth-order valence-electron chi connectivity index (χ4n) is 3.21. The predicted octanol–water partition coefficient (Wildman–Crippen LogP) is 2.05. The number of nitrogens with zero attached hydrogens (tertiary/aromatic N) is 5. The van der Waals surface area contributed by atoms with Crippen LogP contribution in [-0.4, -0.2) is 61.1 Å². The molecule has 1 fully saturated rings. The zero-order valence-electron chi connectivity index (χ0n) is 16.4. The van der Waals surface area contributed by atoms with E-state index in [-0.39, 0.29) is 6.03 Å². The summed E-state index contributed by atoms with van der Waals surface area (Å²) in [6, 6.07) is 13.1. The van der Waals surface area contributed by atoms with Crippen LogP contribution < -0.4 is 10.2 Å². The van der Waals surface area contributed by atoms with E-state index in [1.807, 2.05) is 24.3 Å². The fourth-order valence-corrected chi connectivity index (χ4v) is 3.21. The molecular weight excluding hydrogens is 352 g/mol. The average molecular weight is 378 g/mol. The Bertz CT molecular complexity index is 837. The maximum absolute atomic E-state index is 12.5. The normalized spacial score (nSPS) is 14.4. The molecule has 0 aliphatic carbocycles. The lowest BCUT2D eigenvalue weighted by atomic mass is 10.1. The molecule has 0 spiro atoms. The Labute approximate surface area is 166 Å². The van der Waals surface area contributed by atoms with Gasteiger partial charge in [-0.05, 0) is 30.8 Å². The summed E-state index contributed by atoms with van der Waals surface area (Å²) in [5.41, 5.74) is 2.62. The number of nitrogens with one attached hydrogen (secondary N) is 1. The van der Waals surface area contributed by atoms with Gasteiger partial charge < -0.3 is 20.0 Å². The van der Waals surface area contributed by atoms with Crippen LogP contribution in [0.1, 0.15) is 16.7 Å². The minimum atomic E-state index is -0.141. The van der Waals surface area contributed by atoms with Gasteiger partial charge in [0.2, 0.25) is 0 Å². The Balaban J connectivity index is 1.57. The molecule has 0 unspecified atom stereocenters. The zero-order valence-corrected chi connectivity index (χ0v) is 16.4. The van der Waals surface area contributed by atoms with Gasteiger partial charge in [0.1, 0.15) is 5.82 Å². The molecule has 1 aliphatic rings. The molecule has 0 atom stereocenters. The summed E-state index contributed by atoms with van der Waals surface area (Å²) in [7, 11) is 3.89. The molecule has 1 saturated heterocycles. The first-order valence-electron chi connectivity index (χ1n) is 9.42. The molecule has 2 aromatic rings. The van der Waals surface area contributed by atoms with Gasteiger partial charge in [0.15, 0.2) is 0 Å². The summed E-state index contributed by atoms with van der Waals surface area (Å²) in [6.45, 7) is 4.81. The number of carbonyl (C=O) groups excluding carboxylic acids is 1. The number of carbonyl (C=O) groups is 1. The number of likely N-dealkylation sites (N-methyl/N-ethyl adjacent to an activating group) is 1. The highest BCUT2D eigenvalue weighted by Crippen LogP contribution is 2.18. The van der Waals surface area contributed by atoms with E-state index in [0.29, 0.717) is 18.7 Å². The van der Waals surface area contributed by atoms with Gasteiger partial charge in [-0.25, -0.2) is 9.78 Å². The number of urea groups is 1. The molecule has 0 saturated carbocycles. The van der Waals surface area contributed by atoms with Crippen LogP contribution in [0.3, 0.4) is 0 Å². The standard InChI is InChI=1S/C21H26N6O/c1-25-10-12-27(13-11-25)20-19(4-3-9-23-20)15-24-21(28)26(2)16-18-7-5-17(14-22)6-8-18/h3-9H,10-13,15-16H2,1-2H3,(H,24,28). The molecule has 1 aromatic carbocycles. The maximum atomic E-state index is 12.5. The summed E-state index contributed by atoms with van der Waals surface area (Å²) in [5, 5.41) is 11.9. The highest BCUT2D eigenvalue weighted by atomic mass is 16.2. The topological polar surface area (TPSA) is 75.5 Å². The Morgan fingerprint density at radius 1 is 1.21 bits per heavy atom. The molecule has 1 aliphatic heterocycles. The maximum Gasteiger partial charge on any atom is 0.317 e. The van der Waals surface area contributed by atoms with Crippen molar-refractivity contribution in [1.29, 1.82) is 5.26 Å². The van der Waals surface area contributed by atoms with E-state index in [4.69, 9.17) is 5.26 Å². The number of rotatable bonds is 5. The van der Waals surface area contributed by atoms with Gasteiger partial charge in [0.05, 0.1) is 11.6 Å². The van der Waals surface area contributed by atoms with Gasteiger partial charge in [0, 0.05) is 58.1 Å². The molecule has 3 rings (SSSR count). The number of benzene rings is 1. The van der Waals surface area contributed by atoms with Gasteiger partial charge in [0.25, 0.3) is 0 Å². The summed E-state index contributed by atoms with van der Waals surface area (Å²) >= 11 is 0. The lowest BCUT2D eigenvalue weighted by Crippen LogP contribution is -2.45. The third-order valence-electron chi connectivity index (χ3n) is 4.95. The van der Waals surface area contributed by atoms with Crippen LogP contribution >= 0.6 is 0 Å². The summed E-state index contributed by atoms with van der Waals surface area (Å²) in [5.74, 6) is 0.950. The fraction of sp³-hybridized carbons (Fsp3) is 0.381. The Morgan fingerprint density at radius 2 is 1.93 bits per heavy atom. The second-order valence-electron chi connectivity index (χ2n) is 7.10. The number of hydrogen-bond donors (Lipinski definition) is 1. The lowest BCUT2D eigenvalue weighted by Gasteiger charge is -2.34. The molecule has 7 nitrogen and oxygen atoms in total. The first-order valence-corrected chi connectivity index (χ1v) is 9.42. The zero-order chi connectivity index (χ0) is 19.9. The highest BCUT2D eigenvalue weighted by molar-refractivity contribution is 5.74. The van der Waals surface area contributed by atoms with Crippen LogP contribution in [0.2, 0.25) is 0 Å². The summed E-state index contributed by atoms with van der Waals surface area (Å²) in [4.78, 5) is 23.3. The number of amides is 2. The van der Waals surface area contributed by atoms with Crippen molar-refractivity contribution in [2.24, 2.45) is 0 Å². The Hall–Kier alpha value is -3.11. The van der Waals surface area contributed by atoms with Crippen LogP contribution in [-0.2, 0) is 13.1 Å². The van der Waals surface area contributed by atoms with Crippen molar-refractivity contribution in [2.45, 2.75) is 13.1 Å². The molecule has 0 bridgehead atoms. The van der Waals surface area contributed by atoms with Gasteiger partial charge in [-0.15, -0.1) is 0 Å². The average Bonchev–Trinajstić information content (AvgIpc) is 2.73. The Morgan fingerprint density at radius 3 is 2.61 bits per heavy atom. The van der Waals surface area contributed by atoms with E-state index < -0.39 is 0 Å². The van der Waals surface area contributed by atoms with Crippen molar-refractivity contribution in [3.63, 3.8) is 0 Å². The van der Waals surface area contributed by atoms with E-state index in [9.17, 15) is 4.79 Å². The third-order valence-corrected chi connectivity index (χ3v) is 4.95. The van der Waals surface area contributed by atoms with Gasteiger partial charge >= 0.3 is 6.03 Å². The monoisotopic (exact) mass is 378 g/mol. The van der Waals surface area contributed by atoms with Crippen molar-refractivity contribution in [1.82, 2.24) is 20.1 Å². The molecule has 2 amide bonds. The number of aromatic nitrogens is 1. The van der Waals surface area contributed by atoms with Crippen LogP contribution in [0.15, 0.2) is 42.6 Å². The lowest BCUT2D eigenvalue weighted by molar-refractivity contribution is 0.206. The van der Waals surface area contributed by atoms with Crippen LogP contribution in [0.25, 0.3) is 0 Å². The number of piperazine rings is 1. The first kappa shape index (κ1) is 19.6. The molecule has 0 radical (unpaired) electrons.